The van der Waals surface area contributed by atoms with Crippen LogP contribution in [0.2, 0.25) is 5.02 Å². The average molecular weight is 287 g/mol. The van der Waals surface area contributed by atoms with E-state index < -0.39 is 0 Å². The minimum Gasteiger partial charge on any atom is -0.378 e. The number of hydrogen-bond donors (Lipinski definition) is 2. The van der Waals surface area contributed by atoms with E-state index in [1.165, 1.54) is 6.42 Å². The molecule has 19 heavy (non-hydrogen) atoms. The van der Waals surface area contributed by atoms with Crippen molar-refractivity contribution in [2.75, 3.05) is 6.61 Å². The highest BCUT2D eigenvalue weighted by Gasteiger charge is 2.24. The summed E-state index contributed by atoms with van der Waals surface area (Å²) in [5.41, 5.74) is 3.84. The van der Waals surface area contributed by atoms with E-state index in [1.807, 2.05) is 4.68 Å². The highest BCUT2D eigenvalue weighted by atomic mass is 35.5. The van der Waals surface area contributed by atoms with Gasteiger partial charge in [0.2, 0.25) is 0 Å². The van der Waals surface area contributed by atoms with Crippen LogP contribution in [-0.2, 0) is 11.3 Å². The molecule has 108 valence electrons. The molecule has 0 saturated carbocycles. The van der Waals surface area contributed by atoms with Crippen molar-refractivity contribution < 1.29 is 4.74 Å². The lowest BCUT2D eigenvalue weighted by atomic mass is 10.00. The molecule has 1 aromatic heterocycles. The van der Waals surface area contributed by atoms with Gasteiger partial charge in [-0.25, -0.2) is 0 Å². The minimum atomic E-state index is -0.00958. The zero-order chi connectivity index (χ0) is 13.7. The predicted molar refractivity (Wildman–Crippen MR) is 75.8 cm³/mol. The van der Waals surface area contributed by atoms with Crippen molar-refractivity contribution in [2.45, 2.75) is 57.7 Å². The van der Waals surface area contributed by atoms with Gasteiger partial charge in [-0.2, -0.15) is 5.10 Å². The van der Waals surface area contributed by atoms with E-state index in [-0.39, 0.29) is 12.1 Å². The smallest absolute Gasteiger partial charge is 0.0834 e. The van der Waals surface area contributed by atoms with Gasteiger partial charge in [0.25, 0.3) is 0 Å². The summed E-state index contributed by atoms with van der Waals surface area (Å²) in [4.78, 5) is 0. The normalized spacial score (nSPS) is 21.5. The van der Waals surface area contributed by atoms with E-state index >= 15 is 0 Å². The van der Waals surface area contributed by atoms with E-state index in [9.17, 15) is 0 Å². The van der Waals surface area contributed by atoms with Gasteiger partial charge >= 0.3 is 0 Å². The maximum absolute atomic E-state index is 6.25. The number of nitrogens with zero attached hydrogens (tertiary/aromatic N) is 2. The SMILES string of the molecule is CCCn1ncc(Cl)c1C(CC1CCCCO1)NN. The molecule has 1 aliphatic heterocycles. The molecule has 0 bridgehead atoms. The molecule has 0 aliphatic carbocycles. The lowest BCUT2D eigenvalue weighted by Crippen LogP contribution is -2.34. The molecule has 0 radical (unpaired) electrons. The Labute approximate surface area is 119 Å². The molecule has 2 unspecified atom stereocenters. The van der Waals surface area contributed by atoms with Crippen LogP contribution in [0.25, 0.3) is 0 Å². The molecule has 0 spiro atoms. The predicted octanol–water partition coefficient (Wildman–Crippen LogP) is 2.41. The van der Waals surface area contributed by atoms with Crippen molar-refractivity contribution in [3.05, 3.63) is 16.9 Å². The van der Waals surface area contributed by atoms with Crippen molar-refractivity contribution in [1.82, 2.24) is 15.2 Å². The maximum atomic E-state index is 6.25. The van der Waals surface area contributed by atoms with Crippen LogP contribution < -0.4 is 11.3 Å². The molecular formula is C13H23ClN4O. The number of ether oxygens (including phenoxy) is 1. The second-order valence-corrected chi connectivity index (χ2v) is 5.45. The quantitative estimate of drug-likeness (QED) is 0.623. The molecule has 0 aromatic carbocycles. The summed E-state index contributed by atoms with van der Waals surface area (Å²) in [6.45, 7) is 3.82. The standard InChI is InChI=1S/C13H23ClN4O/c1-2-6-18-13(11(14)9-16-18)12(17-15)8-10-5-3-4-7-19-10/h9-10,12,17H,2-8,15H2,1H3. The first-order valence-electron chi connectivity index (χ1n) is 7.05. The number of aromatic nitrogens is 2. The minimum absolute atomic E-state index is 0.00958. The first kappa shape index (κ1) is 14.8. The van der Waals surface area contributed by atoms with Crippen LogP contribution in [0.5, 0.6) is 0 Å². The van der Waals surface area contributed by atoms with Crippen molar-refractivity contribution in [1.29, 1.82) is 0 Å². The van der Waals surface area contributed by atoms with E-state index in [4.69, 9.17) is 22.2 Å². The summed E-state index contributed by atoms with van der Waals surface area (Å²) < 4.78 is 7.72. The first-order chi connectivity index (χ1) is 9.26. The summed E-state index contributed by atoms with van der Waals surface area (Å²) in [6, 6.07) is -0.00958. The maximum Gasteiger partial charge on any atom is 0.0834 e. The van der Waals surface area contributed by atoms with Gasteiger partial charge in [0, 0.05) is 13.2 Å². The Morgan fingerprint density at radius 2 is 2.47 bits per heavy atom. The van der Waals surface area contributed by atoms with Crippen LogP contribution in [0.4, 0.5) is 0 Å². The third-order valence-electron chi connectivity index (χ3n) is 3.57. The van der Waals surface area contributed by atoms with Gasteiger partial charge in [0.05, 0.1) is 29.1 Å². The van der Waals surface area contributed by atoms with Crippen molar-refractivity contribution in [2.24, 2.45) is 5.84 Å². The van der Waals surface area contributed by atoms with Crippen LogP contribution in [-0.4, -0.2) is 22.5 Å². The first-order valence-corrected chi connectivity index (χ1v) is 7.43. The molecule has 2 rings (SSSR count). The van der Waals surface area contributed by atoms with Gasteiger partial charge in [-0.15, -0.1) is 0 Å². The Morgan fingerprint density at radius 1 is 1.63 bits per heavy atom. The Hall–Kier alpha value is -0.620. The summed E-state index contributed by atoms with van der Waals surface area (Å²) in [6.07, 6.45) is 7.29. The van der Waals surface area contributed by atoms with E-state index in [0.717, 1.165) is 44.5 Å². The summed E-state index contributed by atoms with van der Waals surface area (Å²) in [7, 11) is 0. The molecule has 1 aromatic rings. The Bertz CT molecular complexity index is 390. The van der Waals surface area contributed by atoms with E-state index in [0.29, 0.717) is 5.02 Å². The Kier molecular flexibility index (Phi) is 5.63. The third-order valence-corrected chi connectivity index (χ3v) is 3.86. The van der Waals surface area contributed by atoms with Crippen LogP contribution in [0, 0.1) is 0 Å². The summed E-state index contributed by atoms with van der Waals surface area (Å²) in [5, 5.41) is 4.99. The average Bonchev–Trinajstić information content (AvgIpc) is 2.79. The van der Waals surface area contributed by atoms with Crippen molar-refractivity contribution in [3.63, 3.8) is 0 Å². The van der Waals surface area contributed by atoms with Crippen LogP contribution in [0.3, 0.4) is 0 Å². The number of nitrogens with one attached hydrogen (secondary N) is 1. The van der Waals surface area contributed by atoms with Gasteiger partial charge in [-0.05, 0) is 32.1 Å². The zero-order valence-electron chi connectivity index (χ0n) is 11.4. The zero-order valence-corrected chi connectivity index (χ0v) is 12.2. The highest BCUT2D eigenvalue weighted by molar-refractivity contribution is 6.31. The highest BCUT2D eigenvalue weighted by Crippen LogP contribution is 2.29. The van der Waals surface area contributed by atoms with E-state index in [1.54, 1.807) is 6.20 Å². The fraction of sp³-hybridized carbons (Fsp3) is 0.769. The molecule has 3 N–H and O–H groups in total. The fourth-order valence-corrected chi connectivity index (χ4v) is 2.90. The summed E-state index contributed by atoms with van der Waals surface area (Å²) in [5.74, 6) is 5.71. The molecule has 0 amide bonds. The molecule has 5 nitrogen and oxygen atoms in total. The Balaban J connectivity index is 2.09. The Morgan fingerprint density at radius 3 is 3.11 bits per heavy atom. The number of hydrogen-bond acceptors (Lipinski definition) is 4. The monoisotopic (exact) mass is 286 g/mol. The lowest BCUT2D eigenvalue weighted by molar-refractivity contribution is 0.00450. The lowest BCUT2D eigenvalue weighted by Gasteiger charge is -2.27. The van der Waals surface area contributed by atoms with Gasteiger partial charge in [-0.3, -0.25) is 16.0 Å². The molecule has 1 aliphatic rings. The number of rotatable bonds is 6. The summed E-state index contributed by atoms with van der Waals surface area (Å²) >= 11 is 6.25. The molecule has 6 heteroatoms. The van der Waals surface area contributed by atoms with Gasteiger partial charge in [0.15, 0.2) is 0 Å². The van der Waals surface area contributed by atoms with Gasteiger partial charge < -0.3 is 4.74 Å². The number of nitrogens with two attached hydrogens (primary N) is 1. The topological polar surface area (TPSA) is 65.1 Å². The second-order valence-electron chi connectivity index (χ2n) is 5.04. The largest absolute Gasteiger partial charge is 0.378 e. The van der Waals surface area contributed by atoms with Crippen molar-refractivity contribution in [3.8, 4) is 0 Å². The van der Waals surface area contributed by atoms with Gasteiger partial charge in [-0.1, -0.05) is 18.5 Å². The number of aryl methyl sites for hydroxylation is 1. The van der Waals surface area contributed by atoms with Crippen molar-refractivity contribution >= 4 is 11.6 Å². The van der Waals surface area contributed by atoms with Crippen LogP contribution in [0.15, 0.2) is 6.20 Å². The third kappa shape index (κ3) is 3.69. The number of halogens is 1. The molecule has 2 atom stereocenters. The van der Waals surface area contributed by atoms with Crippen LogP contribution >= 0.6 is 11.6 Å². The van der Waals surface area contributed by atoms with Crippen LogP contribution in [0.1, 0.15) is 50.8 Å². The molecule has 1 fully saturated rings. The second kappa shape index (κ2) is 7.24. The molecule has 2 heterocycles. The molecule has 1 saturated heterocycles. The number of hydrazine groups is 1. The van der Waals surface area contributed by atoms with E-state index in [2.05, 4.69) is 17.4 Å². The molecular weight excluding hydrogens is 264 g/mol. The fourth-order valence-electron chi connectivity index (χ4n) is 2.62. The van der Waals surface area contributed by atoms with Gasteiger partial charge in [0.1, 0.15) is 0 Å².